The molecule has 0 atom stereocenters. The van der Waals surface area contributed by atoms with Gasteiger partial charge in [0.05, 0.1) is 33.1 Å². The first-order valence-corrected chi connectivity index (χ1v) is 21.6. The maximum Gasteiger partial charge on any atom is 0.153 e. The average molecular weight is 818 g/mol. The third-order valence-corrected chi connectivity index (χ3v) is 13.2. The zero-order valence-electron chi connectivity index (χ0n) is 34.4. The van der Waals surface area contributed by atoms with Crippen LogP contribution in [0.15, 0.2) is 217 Å². The van der Waals surface area contributed by atoms with E-state index in [0.717, 1.165) is 99.7 Å². The number of fused-ring (bicyclic) bond motifs is 12. The first-order valence-electron chi connectivity index (χ1n) is 21.6. The maximum atomic E-state index is 6.30. The number of benzene rings is 8. The van der Waals surface area contributed by atoms with Gasteiger partial charge in [-0.3, -0.25) is 9.97 Å². The summed E-state index contributed by atoms with van der Waals surface area (Å²) in [7, 11) is 0. The van der Waals surface area contributed by atoms with Crippen LogP contribution >= 0.6 is 0 Å². The van der Waals surface area contributed by atoms with Gasteiger partial charge in [-0.15, -0.1) is 0 Å². The van der Waals surface area contributed by atoms with Crippen molar-refractivity contribution in [2.75, 3.05) is 0 Å². The summed E-state index contributed by atoms with van der Waals surface area (Å²) in [5, 5.41) is 8.06. The van der Waals surface area contributed by atoms with Crippen LogP contribution in [0.3, 0.4) is 0 Å². The SMILES string of the molecule is c1ccc(-n2c3ccncc3c3cc(-n4c5ccccc5c5c(-c6c(-c7ccc8oc9cccnc9c8c7)ccc7c8ccccc8n(-c8ccccc8)c67)cccc54)ccc32)cc1. The van der Waals surface area contributed by atoms with Gasteiger partial charge in [-0.1, -0.05) is 103 Å². The predicted molar refractivity (Wildman–Crippen MR) is 263 cm³/mol. The summed E-state index contributed by atoms with van der Waals surface area (Å²) in [5.74, 6) is 0. The van der Waals surface area contributed by atoms with E-state index in [2.05, 4.69) is 201 Å². The smallest absolute Gasteiger partial charge is 0.153 e. The minimum absolute atomic E-state index is 0.784. The van der Waals surface area contributed by atoms with Crippen LogP contribution in [-0.4, -0.2) is 23.7 Å². The van der Waals surface area contributed by atoms with E-state index < -0.39 is 0 Å². The lowest BCUT2D eigenvalue weighted by atomic mass is 9.89. The number of rotatable bonds is 5. The highest BCUT2D eigenvalue weighted by atomic mass is 16.3. The normalized spacial score (nSPS) is 12.1. The highest BCUT2D eigenvalue weighted by molar-refractivity contribution is 6.23. The van der Waals surface area contributed by atoms with Gasteiger partial charge in [0.15, 0.2) is 5.58 Å². The van der Waals surface area contributed by atoms with Crippen molar-refractivity contribution in [3.05, 3.63) is 213 Å². The molecular formula is C58H35N5O. The van der Waals surface area contributed by atoms with Crippen molar-refractivity contribution in [1.29, 1.82) is 0 Å². The van der Waals surface area contributed by atoms with Crippen LogP contribution in [0.25, 0.3) is 127 Å². The Morgan fingerprint density at radius 2 is 1.08 bits per heavy atom. The molecule has 0 fully saturated rings. The molecule has 0 saturated carbocycles. The van der Waals surface area contributed by atoms with Gasteiger partial charge in [0.1, 0.15) is 11.1 Å². The fourth-order valence-electron chi connectivity index (χ4n) is 10.5. The van der Waals surface area contributed by atoms with E-state index in [1.165, 1.54) is 27.1 Å². The second-order valence-corrected chi connectivity index (χ2v) is 16.6. The Morgan fingerprint density at radius 1 is 0.375 bits per heavy atom. The zero-order chi connectivity index (χ0) is 41.9. The molecule has 0 aliphatic rings. The molecule has 14 rings (SSSR count). The molecule has 0 aliphatic heterocycles. The molecule has 6 heterocycles. The molecule has 0 N–H and O–H groups in total. The summed E-state index contributed by atoms with van der Waals surface area (Å²) in [6.45, 7) is 0. The van der Waals surface area contributed by atoms with Gasteiger partial charge in [0, 0.05) is 78.9 Å². The van der Waals surface area contributed by atoms with E-state index in [1.807, 2.05) is 30.7 Å². The summed E-state index contributed by atoms with van der Waals surface area (Å²) in [6.07, 6.45) is 5.72. The second kappa shape index (κ2) is 13.4. The number of hydrogen-bond donors (Lipinski definition) is 0. The molecular weight excluding hydrogens is 783 g/mol. The molecule has 6 nitrogen and oxygen atoms in total. The van der Waals surface area contributed by atoms with Gasteiger partial charge in [-0.25, -0.2) is 0 Å². The van der Waals surface area contributed by atoms with Crippen LogP contribution in [0.5, 0.6) is 0 Å². The number of pyridine rings is 2. The summed E-state index contributed by atoms with van der Waals surface area (Å²) < 4.78 is 13.5. The van der Waals surface area contributed by atoms with Gasteiger partial charge < -0.3 is 18.1 Å². The molecule has 298 valence electrons. The number of hydrogen-bond acceptors (Lipinski definition) is 3. The molecule has 0 radical (unpaired) electrons. The van der Waals surface area contributed by atoms with Crippen molar-refractivity contribution < 1.29 is 4.42 Å². The summed E-state index contributed by atoms with van der Waals surface area (Å²) in [4.78, 5) is 9.38. The maximum absolute atomic E-state index is 6.30. The third-order valence-electron chi connectivity index (χ3n) is 13.2. The molecule has 0 spiro atoms. The first kappa shape index (κ1) is 34.9. The van der Waals surface area contributed by atoms with Crippen molar-refractivity contribution in [2.24, 2.45) is 0 Å². The van der Waals surface area contributed by atoms with E-state index in [0.29, 0.717) is 0 Å². The van der Waals surface area contributed by atoms with Gasteiger partial charge >= 0.3 is 0 Å². The van der Waals surface area contributed by atoms with Crippen LogP contribution in [0, 0.1) is 0 Å². The summed E-state index contributed by atoms with van der Waals surface area (Å²) >= 11 is 0. The number of nitrogens with zero attached hydrogens (tertiary/aromatic N) is 5. The Kier molecular flexibility index (Phi) is 7.30. The third kappa shape index (κ3) is 4.90. The van der Waals surface area contributed by atoms with E-state index >= 15 is 0 Å². The molecule has 0 saturated heterocycles. The standard InChI is InChI=1S/C58H35N5O/c1-3-13-37(14-4-1)61-50-28-25-39(34-45(50)47-35-59-32-30-51(47)61)62-49-21-10-8-18-43(49)55-44(19-11-22-52(55)62)56-40(36-24-29-53-46(33-36)57-54(64-53)23-12-31-60-57)26-27-42-41-17-7-9-20-48(41)63(58(42)56)38-15-5-2-6-16-38/h1-35H. The Labute approximate surface area is 366 Å². The highest BCUT2D eigenvalue weighted by Crippen LogP contribution is 2.48. The molecule has 0 amide bonds. The topological polar surface area (TPSA) is 53.7 Å². The van der Waals surface area contributed by atoms with Crippen molar-refractivity contribution in [3.8, 4) is 39.3 Å². The van der Waals surface area contributed by atoms with Crippen LogP contribution in [0.2, 0.25) is 0 Å². The average Bonchev–Trinajstić information content (AvgIpc) is 4.10. The quantitative estimate of drug-likeness (QED) is 0.174. The Bertz CT molecular complexity index is 4190. The Morgan fingerprint density at radius 3 is 1.92 bits per heavy atom. The molecule has 0 unspecified atom stereocenters. The van der Waals surface area contributed by atoms with Crippen molar-refractivity contribution >= 4 is 87.5 Å². The van der Waals surface area contributed by atoms with Crippen LogP contribution in [-0.2, 0) is 0 Å². The number of aromatic nitrogens is 5. The van der Waals surface area contributed by atoms with Crippen molar-refractivity contribution in [3.63, 3.8) is 0 Å². The molecule has 8 aromatic carbocycles. The number of furan rings is 1. The Hall–Kier alpha value is -8.74. The molecule has 0 bridgehead atoms. The second-order valence-electron chi connectivity index (χ2n) is 16.6. The molecule has 64 heavy (non-hydrogen) atoms. The van der Waals surface area contributed by atoms with Gasteiger partial charge in [0.2, 0.25) is 0 Å². The fourth-order valence-corrected chi connectivity index (χ4v) is 10.5. The lowest BCUT2D eigenvalue weighted by Crippen LogP contribution is -1.98. The summed E-state index contributed by atoms with van der Waals surface area (Å²) in [6, 6.07) is 69.9. The van der Waals surface area contributed by atoms with E-state index in [4.69, 9.17) is 9.40 Å². The zero-order valence-corrected chi connectivity index (χ0v) is 34.4. The highest BCUT2D eigenvalue weighted by Gasteiger charge is 2.25. The van der Waals surface area contributed by atoms with Crippen molar-refractivity contribution in [1.82, 2.24) is 23.7 Å². The van der Waals surface area contributed by atoms with E-state index in [-0.39, 0.29) is 0 Å². The molecule has 0 aliphatic carbocycles. The lowest BCUT2D eigenvalue weighted by molar-refractivity contribution is 0.668. The van der Waals surface area contributed by atoms with Crippen LogP contribution in [0.4, 0.5) is 0 Å². The minimum atomic E-state index is 0.784. The minimum Gasteiger partial charge on any atom is -0.454 e. The van der Waals surface area contributed by atoms with Gasteiger partial charge in [0.25, 0.3) is 0 Å². The fraction of sp³-hybridized carbons (Fsp3) is 0. The molecule has 14 aromatic rings. The first-order chi connectivity index (χ1) is 31.8. The monoisotopic (exact) mass is 817 g/mol. The van der Waals surface area contributed by atoms with Gasteiger partial charge in [-0.2, -0.15) is 0 Å². The van der Waals surface area contributed by atoms with Crippen LogP contribution in [0.1, 0.15) is 0 Å². The van der Waals surface area contributed by atoms with E-state index in [9.17, 15) is 0 Å². The Balaban J connectivity index is 1.10. The summed E-state index contributed by atoms with van der Waals surface area (Å²) in [5.41, 5.74) is 17.2. The predicted octanol–water partition coefficient (Wildman–Crippen LogP) is 15.0. The molecule has 6 heteroatoms. The lowest BCUT2D eigenvalue weighted by Gasteiger charge is -2.17. The van der Waals surface area contributed by atoms with Gasteiger partial charge in [-0.05, 0) is 108 Å². The number of para-hydroxylation sites is 4. The largest absolute Gasteiger partial charge is 0.454 e. The van der Waals surface area contributed by atoms with Crippen molar-refractivity contribution in [2.45, 2.75) is 0 Å². The van der Waals surface area contributed by atoms with E-state index in [1.54, 1.807) is 0 Å². The van der Waals surface area contributed by atoms with Crippen LogP contribution < -0.4 is 0 Å². The molecule has 6 aromatic heterocycles.